The molecule has 1 fully saturated rings. The Morgan fingerprint density at radius 3 is 3.00 bits per heavy atom. The van der Waals surface area contributed by atoms with Crippen molar-refractivity contribution in [2.24, 2.45) is 10.9 Å². The van der Waals surface area contributed by atoms with Crippen molar-refractivity contribution in [1.29, 1.82) is 0 Å². The van der Waals surface area contributed by atoms with Crippen molar-refractivity contribution in [3.8, 4) is 5.75 Å². The topological polar surface area (TPSA) is 77.1 Å². The summed E-state index contributed by atoms with van der Waals surface area (Å²) in [6.45, 7) is 1.29. The van der Waals surface area contributed by atoms with Crippen LogP contribution in [0.1, 0.15) is 12.0 Å². The molecule has 0 aromatic heterocycles. The van der Waals surface area contributed by atoms with Crippen molar-refractivity contribution in [1.82, 2.24) is 0 Å². The summed E-state index contributed by atoms with van der Waals surface area (Å²) in [5, 5.41) is 11.9. The van der Waals surface area contributed by atoms with E-state index in [4.69, 9.17) is 32.0 Å². The fourth-order valence-corrected chi connectivity index (χ4v) is 1.82. The molecule has 6 heteroatoms. The number of ether oxygens (including phenoxy) is 2. The van der Waals surface area contributed by atoms with Gasteiger partial charge in [0.05, 0.1) is 18.2 Å². The van der Waals surface area contributed by atoms with Crippen LogP contribution in [-0.2, 0) is 4.74 Å². The van der Waals surface area contributed by atoms with Gasteiger partial charge in [-0.3, -0.25) is 0 Å². The maximum atomic E-state index is 8.55. The van der Waals surface area contributed by atoms with Crippen LogP contribution in [0, 0.1) is 0 Å². The van der Waals surface area contributed by atoms with Crippen LogP contribution >= 0.6 is 11.6 Å². The molecule has 1 unspecified atom stereocenters. The van der Waals surface area contributed by atoms with Crippen LogP contribution < -0.4 is 10.5 Å². The Balaban J connectivity index is 2.13. The Morgan fingerprint density at radius 1 is 1.59 bits per heavy atom. The molecule has 0 radical (unpaired) electrons. The third kappa shape index (κ3) is 2.81. The number of oxime groups is 1. The number of rotatable bonds is 3. The van der Waals surface area contributed by atoms with Crippen LogP contribution in [0.4, 0.5) is 0 Å². The van der Waals surface area contributed by atoms with Crippen LogP contribution in [0.5, 0.6) is 5.75 Å². The zero-order chi connectivity index (χ0) is 12.3. The highest BCUT2D eigenvalue weighted by Gasteiger charge is 2.18. The number of amidine groups is 1. The van der Waals surface area contributed by atoms with Gasteiger partial charge in [-0.05, 0) is 18.2 Å². The molecule has 0 aliphatic carbocycles. The second kappa shape index (κ2) is 5.25. The van der Waals surface area contributed by atoms with Gasteiger partial charge in [0.1, 0.15) is 11.9 Å². The van der Waals surface area contributed by atoms with E-state index in [9.17, 15) is 0 Å². The van der Waals surface area contributed by atoms with Crippen molar-refractivity contribution in [3.63, 3.8) is 0 Å². The second-order valence-corrected chi connectivity index (χ2v) is 4.14. The van der Waals surface area contributed by atoms with Crippen LogP contribution in [0.25, 0.3) is 0 Å². The number of hydrogen-bond donors (Lipinski definition) is 2. The molecule has 1 aliphatic heterocycles. The highest BCUT2D eigenvalue weighted by Crippen LogP contribution is 2.27. The lowest BCUT2D eigenvalue weighted by molar-refractivity contribution is 0.141. The smallest absolute Gasteiger partial charge is 0.170 e. The first-order valence-electron chi connectivity index (χ1n) is 5.22. The predicted molar refractivity (Wildman–Crippen MR) is 63.8 cm³/mol. The van der Waals surface area contributed by atoms with Crippen LogP contribution in [0.2, 0.25) is 5.02 Å². The molecular formula is C11H13ClN2O3. The maximum absolute atomic E-state index is 8.55. The number of hydrogen-bond acceptors (Lipinski definition) is 4. The van der Waals surface area contributed by atoms with E-state index in [0.717, 1.165) is 6.42 Å². The standard InChI is InChI=1S/C11H13ClN2O3/c12-9-5-7(11(13)14-15)1-2-10(9)17-8-3-4-16-6-8/h1-2,5,8,15H,3-4,6H2,(H2,13,14). The Morgan fingerprint density at radius 2 is 2.41 bits per heavy atom. The Hall–Kier alpha value is -1.46. The van der Waals surface area contributed by atoms with Gasteiger partial charge in [-0.1, -0.05) is 16.8 Å². The molecule has 3 N–H and O–H groups in total. The summed E-state index contributed by atoms with van der Waals surface area (Å²) in [5.74, 6) is 0.597. The van der Waals surface area contributed by atoms with Gasteiger partial charge in [-0.15, -0.1) is 0 Å². The molecule has 1 aromatic carbocycles. The molecule has 1 aromatic rings. The molecule has 0 spiro atoms. The van der Waals surface area contributed by atoms with Crippen molar-refractivity contribution >= 4 is 17.4 Å². The third-order valence-corrected chi connectivity index (χ3v) is 2.81. The minimum Gasteiger partial charge on any atom is -0.486 e. The first kappa shape index (κ1) is 12.0. The lowest BCUT2D eigenvalue weighted by Gasteiger charge is -2.13. The quantitative estimate of drug-likeness (QED) is 0.373. The highest BCUT2D eigenvalue weighted by atomic mass is 35.5. The average molecular weight is 257 g/mol. The van der Waals surface area contributed by atoms with Gasteiger partial charge in [-0.25, -0.2) is 0 Å². The zero-order valence-electron chi connectivity index (χ0n) is 9.10. The summed E-state index contributed by atoms with van der Waals surface area (Å²) in [6, 6.07) is 4.99. The first-order valence-corrected chi connectivity index (χ1v) is 5.60. The lowest BCUT2D eigenvalue weighted by atomic mass is 10.2. The van der Waals surface area contributed by atoms with Crippen molar-refractivity contribution in [2.45, 2.75) is 12.5 Å². The SMILES string of the molecule is NC(=NO)c1ccc(OC2CCOC2)c(Cl)c1. The van der Waals surface area contributed by atoms with E-state index in [-0.39, 0.29) is 11.9 Å². The molecule has 1 aliphatic rings. The molecule has 0 bridgehead atoms. The normalized spacial score (nSPS) is 20.5. The number of halogens is 1. The van der Waals surface area contributed by atoms with Gasteiger partial charge in [0.15, 0.2) is 5.84 Å². The van der Waals surface area contributed by atoms with Gasteiger partial charge >= 0.3 is 0 Å². The number of nitrogens with two attached hydrogens (primary N) is 1. The summed E-state index contributed by atoms with van der Waals surface area (Å²) >= 11 is 6.05. The summed E-state index contributed by atoms with van der Waals surface area (Å²) < 4.78 is 10.9. The van der Waals surface area contributed by atoms with E-state index in [1.54, 1.807) is 18.2 Å². The minimum absolute atomic E-state index is 0.0163. The molecule has 1 heterocycles. The average Bonchev–Trinajstić information content (AvgIpc) is 2.83. The van der Waals surface area contributed by atoms with Gasteiger partial charge in [0.2, 0.25) is 0 Å². The summed E-state index contributed by atoms with van der Waals surface area (Å²) in [5.41, 5.74) is 6.01. The zero-order valence-corrected chi connectivity index (χ0v) is 9.85. The van der Waals surface area contributed by atoms with E-state index >= 15 is 0 Å². The van der Waals surface area contributed by atoms with Crippen molar-refractivity contribution in [2.75, 3.05) is 13.2 Å². The molecular weight excluding hydrogens is 244 g/mol. The summed E-state index contributed by atoms with van der Waals surface area (Å²) in [4.78, 5) is 0. The van der Waals surface area contributed by atoms with Gasteiger partial charge in [0, 0.05) is 12.0 Å². The molecule has 92 valence electrons. The van der Waals surface area contributed by atoms with E-state index in [2.05, 4.69) is 5.16 Å². The fourth-order valence-electron chi connectivity index (χ4n) is 1.60. The van der Waals surface area contributed by atoms with E-state index < -0.39 is 0 Å². The molecule has 5 nitrogen and oxygen atoms in total. The Kier molecular flexibility index (Phi) is 3.71. The lowest BCUT2D eigenvalue weighted by Crippen LogP contribution is -2.16. The second-order valence-electron chi connectivity index (χ2n) is 3.73. The van der Waals surface area contributed by atoms with E-state index in [1.807, 2.05) is 0 Å². The van der Waals surface area contributed by atoms with Gasteiger partial charge < -0.3 is 20.4 Å². The van der Waals surface area contributed by atoms with Crippen LogP contribution in [0.3, 0.4) is 0 Å². The van der Waals surface area contributed by atoms with Gasteiger partial charge in [0.25, 0.3) is 0 Å². The van der Waals surface area contributed by atoms with E-state index in [0.29, 0.717) is 29.5 Å². The number of nitrogens with zero attached hydrogens (tertiary/aromatic N) is 1. The Labute approximate surface area is 104 Å². The fraction of sp³-hybridized carbons (Fsp3) is 0.364. The van der Waals surface area contributed by atoms with Crippen LogP contribution in [0.15, 0.2) is 23.4 Å². The molecule has 1 saturated heterocycles. The summed E-state index contributed by atoms with van der Waals surface area (Å²) in [7, 11) is 0. The third-order valence-electron chi connectivity index (χ3n) is 2.52. The number of benzene rings is 1. The molecule has 0 amide bonds. The Bertz CT molecular complexity index is 431. The van der Waals surface area contributed by atoms with Gasteiger partial charge in [-0.2, -0.15) is 0 Å². The predicted octanol–water partition coefficient (Wildman–Crippen LogP) is 1.60. The van der Waals surface area contributed by atoms with E-state index in [1.165, 1.54) is 0 Å². The molecule has 1 atom stereocenters. The van der Waals surface area contributed by atoms with Crippen LogP contribution in [-0.4, -0.2) is 30.4 Å². The summed E-state index contributed by atoms with van der Waals surface area (Å²) in [6.07, 6.45) is 0.903. The molecule has 2 rings (SSSR count). The maximum Gasteiger partial charge on any atom is 0.170 e. The molecule has 0 saturated carbocycles. The monoisotopic (exact) mass is 256 g/mol. The molecule has 17 heavy (non-hydrogen) atoms. The highest BCUT2D eigenvalue weighted by molar-refractivity contribution is 6.32. The minimum atomic E-state index is 0.0163. The van der Waals surface area contributed by atoms with Crippen molar-refractivity contribution in [3.05, 3.63) is 28.8 Å². The first-order chi connectivity index (χ1) is 8.20. The largest absolute Gasteiger partial charge is 0.486 e. The van der Waals surface area contributed by atoms with Crippen molar-refractivity contribution < 1.29 is 14.7 Å².